The average Bonchev–Trinajstić information content (AvgIpc) is 2.87. The van der Waals surface area contributed by atoms with Crippen molar-refractivity contribution in [3.8, 4) is 0 Å². The van der Waals surface area contributed by atoms with Crippen LogP contribution in [-0.2, 0) is 17.5 Å². The van der Waals surface area contributed by atoms with Crippen molar-refractivity contribution in [1.82, 2.24) is 14.8 Å². The lowest BCUT2D eigenvalue weighted by Crippen LogP contribution is -2.16. The zero-order valence-electron chi connectivity index (χ0n) is 13.5. The van der Waals surface area contributed by atoms with E-state index in [1.165, 1.54) is 0 Å². The van der Waals surface area contributed by atoms with Gasteiger partial charge in [0.2, 0.25) is 5.91 Å². The van der Waals surface area contributed by atoms with Gasteiger partial charge in [-0.05, 0) is 31.5 Å². The van der Waals surface area contributed by atoms with E-state index in [0.717, 1.165) is 48.8 Å². The van der Waals surface area contributed by atoms with E-state index in [0.29, 0.717) is 5.16 Å². The van der Waals surface area contributed by atoms with Crippen molar-refractivity contribution in [2.45, 2.75) is 38.1 Å². The maximum atomic E-state index is 12.7. The molecule has 0 bridgehead atoms. The normalized spacial score (nSPS) is 11.6. The van der Waals surface area contributed by atoms with E-state index in [-0.39, 0.29) is 16.5 Å². The van der Waals surface area contributed by atoms with Gasteiger partial charge in [0.25, 0.3) is 0 Å². The molecule has 0 aliphatic heterocycles. The number of thioether (sulfide) groups is 1. The van der Waals surface area contributed by atoms with Crippen LogP contribution in [0.4, 0.5) is 18.9 Å². The standard InChI is InChI=1S/C15H16ClF3N4OS/c1-3-6-23-9(2)21-22-14(23)25-8-13(24)20-12-7-10(15(17,18)19)4-5-11(12)16/h4-5,7H,3,6,8H2,1-2H3,(H,20,24). The molecule has 0 saturated heterocycles. The number of nitrogens with zero attached hydrogens (tertiary/aromatic N) is 3. The Morgan fingerprint density at radius 3 is 2.72 bits per heavy atom. The van der Waals surface area contributed by atoms with Crippen LogP contribution in [0, 0.1) is 6.92 Å². The van der Waals surface area contributed by atoms with Crippen LogP contribution in [-0.4, -0.2) is 26.4 Å². The Labute approximate surface area is 152 Å². The minimum Gasteiger partial charge on any atom is -0.324 e. The van der Waals surface area contributed by atoms with Gasteiger partial charge in [0.05, 0.1) is 22.0 Å². The minimum atomic E-state index is -4.51. The third-order valence-electron chi connectivity index (χ3n) is 3.25. The van der Waals surface area contributed by atoms with Gasteiger partial charge in [-0.25, -0.2) is 0 Å². The summed E-state index contributed by atoms with van der Waals surface area (Å²) >= 11 is 7.02. The van der Waals surface area contributed by atoms with E-state index in [2.05, 4.69) is 15.5 Å². The lowest BCUT2D eigenvalue weighted by Gasteiger charge is -2.11. The van der Waals surface area contributed by atoms with Gasteiger partial charge in [-0.2, -0.15) is 13.2 Å². The highest BCUT2D eigenvalue weighted by Crippen LogP contribution is 2.33. The number of anilines is 1. The van der Waals surface area contributed by atoms with Crippen LogP contribution in [0.25, 0.3) is 0 Å². The molecule has 10 heteroatoms. The number of hydrogen-bond donors (Lipinski definition) is 1. The summed E-state index contributed by atoms with van der Waals surface area (Å²) in [5.41, 5.74) is -0.952. The number of alkyl halides is 3. The Kier molecular flexibility index (Phi) is 6.34. The smallest absolute Gasteiger partial charge is 0.324 e. The average molecular weight is 393 g/mol. The molecule has 136 valence electrons. The second-order valence-corrected chi connectivity index (χ2v) is 6.56. The molecule has 0 aliphatic carbocycles. The Bertz CT molecular complexity index is 764. The topological polar surface area (TPSA) is 59.8 Å². The summed E-state index contributed by atoms with van der Waals surface area (Å²) in [6.07, 6.45) is -3.62. The van der Waals surface area contributed by atoms with Crippen molar-refractivity contribution in [2.75, 3.05) is 11.1 Å². The molecule has 0 radical (unpaired) electrons. The van der Waals surface area contributed by atoms with Gasteiger partial charge in [0, 0.05) is 6.54 Å². The van der Waals surface area contributed by atoms with E-state index in [4.69, 9.17) is 11.6 Å². The first-order chi connectivity index (χ1) is 11.7. The Morgan fingerprint density at radius 2 is 2.08 bits per heavy atom. The molecule has 1 heterocycles. The van der Waals surface area contributed by atoms with Crippen molar-refractivity contribution < 1.29 is 18.0 Å². The fourth-order valence-corrected chi connectivity index (χ4v) is 3.04. The van der Waals surface area contributed by atoms with Gasteiger partial charge in [0.1, 0.15) is 5.82 Å². The number of nitrogens with one attached hydrogen (secondary N) is 1. The lowest BCUT2D eigenvalue weighted by atomic mass is 10.2. The van der Waals surface area contributed by atoms with Crippen LogP contribution < -0.4 is 5.32 Å². The fraction of sp³-hybridized carbons (Fsp3) is 0.400. The summed E-state index contributed by atoms with van der Waals surface area (Å²) in [6.45, 7) is 4.55. The first-order valence-electron chi connectivity index (χ1n) is 7.41. The molecular weight excluding hydrogens is 377 g/mol. The first kappa shape index (κ1) is 19.6. The minimum absolute atomic E-state index is 0.0194. The van der Waals surface area contributed by atoms with Gasteiger partial charge in [-0.15, -0.1) is 10.2 Å². The molecular formula is C15H16ClF3N4OS. The lowest BCUT2D eigenvalue weighted by molar-refractivity contribution is -0.137. The molecule has 0 fully saturated rings. The highest BCUT2D eigenvalue weighted by atomic mass is 35.5. The second kappa shape index (κ2) is 8.09. The highest BCUT2D eigenvalue weighted by Gasteiger charge is 2.31. The molecule has 0 spiro atoms. The number of carbonyl (C=O) groups is 1. The molecule has 5 nitrogen and oxygen atoms in total. The van der Waals surface area contributed by atoms with Gasteiger partial charge in [-0.3, -0.25) is 4.79 Å². The quantitative estimate of drug-likeness (QED) is 0.740. The third kappa shape index (κ3) is 5.12. The van der Waals surface area contributed by atoms with E-state index in [1.807, 2.05) is 18.4 Å². The van der Waals surface area contributed by atoms with Crippen molar-refractivity contribution in [2.24, 2.45) is 0 Å². The van der Waals surface area contributed by atoms with E-state index < -0.39 is 17.6 Å². The molecule has 2 rings (SSSR count). The van der Waals surface area contributed by atoms with Crippen molar-refractivity contribution in [1.29, 1.82) is 0 Å². The summed E-state index contributed by atoms with van der Waals surface area (Å²) in [5, 5.41) is 11.0. The second-order valence-electron chi connectivity index (χ2n) is 5.21. The Morgan fingerprint density at radius 1 is 1.36 bits per heavy atom. The maximum absolute atomic E-state index is 12.7. The van der Waals surface area contributed by atoms with E-state index in [1.54, 1.807) is 0 Å². The van der Waals surface area contributed by atoms with Crippen LogP contribution in [0.1, 0.15) is 24.7 Å². The SMILES string of the molecule is CCCn1c(C)nnc1SCC(=O)Nc1cc(C(F)(F)F)ccc1Cl. The van der Waals surface area contributed by atoms with Gasteiger partial charge in [-0.1, -0.05) is 30.3 Å². The predicted octanol–water partition coefficient (Wildman–Crippen LogP) is 4.40. The van der Waals surface area contributed by atoms with Crippen LogP contribution in [0.2, 0.25) is 5.02 Å². The molecule has 0 saturated carbocycles. The molecule has 0 aliphatic rings. The number of carbonyl (C=O) groups excluding carboxylic acids is 1. The molecule has 1 aromatic carbocycles. The number of benzene rings is 1. The highest BCUT2D eigenvalue weighted by molar-refractivity contribution is 7.99. The zero-order valence-corrected chi connectivity index (χ0v) is 15.1. The molecule has 1 amide bonds. The molecule has 1 N–H and O–H groups in total. The van der Waals surface area contributed by atoms with Crippen LogP contribution >= 0.6 is 23.4 Å². The number of halogens is 4. The van der Waals surface area contributed by atoms with Crippen LogP contribution in [0.3, 0.4) is 0 Å². The van der Waals surface area contributed by atoms with Crippen molar-refractivity contribution in [3.63, 3.8) is 0 Å². The summed E-state index contributed by atoms with van der Waals surface area (Å²) < 4.78 is 40.1. The zero-order chi connectivity index (χ0) is 18.6. The monoisotopic (exact) mass is 392 g/mol. The molecule has 2 aromatic rings. The summed E-state index contributed by atoms with van der Waals surface area (Å²) in [4.78, 5) is 12.0. The van der Waals surface area contributed by atoms with E-state index in [9.17, 15) is 18.0 Å². The Hall–Kier alpha value is -1.74. The van der Waals surface area contributed by atoms with Crippen molar-refractivity contribution in [3.05, 3.63) is 34.6 Å². The maximum Gasteiger partial charge on any atom is 0.416 e. The van der Waals surface area contributed by atoms with Crippen LogP contribution in [0.15, 0.2) is 23.4 Å². The summed E-state index contributed by atoms with van der Waals surface area (Å²) in [7, 11) is 0. The van der Waals surface area contributed by atoms with Crippen LogP contribution in [0.5, 0.6) is 0 Å². The fourth-order valence-electron chi connectivity index (χ4n) is 2.06. The largest absolute Gasteiger partial charge is 0.416 e. The molecule has 0 unspecified atom stereocenters. The van der Waals surface area contributed by atoms with Gasteiger partial charge < -0.3 is 9.88 Å². The predicted molar refractivity (Wildman–Crippen MR) is 90.9 cm³/mol. The number of aromatic nitrogens is 3. The summed E-state index contributed by atoms with van der Waals surface area (Å²) in [6, 6.07) is 2.78. The van der Waals surface area contributed by atoms with Crippen molar-refractivity contribution >= 4 is 35.0 Å². The molecule has 1 aromatic heterocycles. The number of amides is 1. The number of rotatable bonds is 6. The first-order valence-corrected chi connectivity index (χ1v) is 8.78. The third-order valence-corrected chi connectivity index (χ3v) is 4.55. The summed E-state index contributed by atoms with van der Waals surface area (Å²) in [5.74, 6) is 0.245. The molecule has 25 heavy (non-hydrogen) atoms. The number of hydrogen-bond acceptors (Lipinski definition) is 4. The van der Waals surface area contributed by atoms with Gasteiger partial charge >= 0.3 is 6.18 Å². The number of aryl methyl sites for hydroxylation is 1. The Balaban J connectivity index is 2.04. The van der Waals surface area contributed by atoms with E-state index >= 15 is 0 Å². The van der Waals surface area contributed by atoms with Gasteiger partial charge in [0.15, 0.2) is 5.16 Å². The molecule has 0 atom stereocenters.